The van der Waals surface area contributed by atoms with Crippen LogP contribution in [-0.4, -0.2) is 70.7 Å². The topological polar surface area (TPSA) is 63.7 Å². The maximum Gasteiger partial charge on any atom is 0.289 e. The first-order valence-corrected chi connectivity index (χ1v) is 8.86. The average Bonchev–Trinajstić information content (AvgIpc) is 3.37. The minimum atomic E-state index is -0.0144. The van der Waals surface area contributed by atoms with Gasteiger partial charge in [0, 0.05) is 44.6 Å². The van der Waals surface area contributed by atoms with Gasteiger partial charge in [-0.1, -0.05) is 6.92 Å². The van der Waals surface area contributed by atoms with Crippen LogP contribution < -0.4 is 0 Å². The van der Waals surface area contributed by atoms with Crippen LogP contribution in [-0.2, 0) is 11.3 Å². The fourth-order valence-electron chi connectivity index (χ4n) is 3.79. The van der Waals surface area contributed by atoms with Crippen molar-refractivity contribution in [2.45, 2.75) is 19.5 Å². The first kappa shape index (κ1) is 16.4. The van der Waals surface area contributed by atoms with E-state index in [4.69, 9.17) is 9.15 Å². The molecular formula is C18H24N4O3. The minimum Gasteiger partial charge on any atom is -0.454 e. The van der Waals surface area contributed by atoms with Gasteiger partial charge in [0.15, 0.2) is 5.76 Å². The molecule has 2 fully saturated rings. The zero-order chi connectivity index (χ0) is 17.2. The van der Waals surface area contributed by atoms with Crippen LogP contribution in [0.25, 0.3) is 0 Å². The Morgan fingerprint density at radius 2 is 2.12 bits per heavy atom. The van der Waals surface area contributed by atoms with Gasteiger partial charge in [0.25, 0.3) is 5.91 Å². The molecule has 0 aliphatic carbocycles. The van der Waals surface area contributed by atoms with Gasteiger partial charge in [-0.2, -0.15) is 0 Å². The number of carbonyl (C=O) groups excluding carboxylic acids is 1. The molecule has 0 saturated carbocycles. The maximum absolute atomic E-state index is 12.8. The fraction of sp³-hybridized carbons (Fsp3) is 0.556. The number of rotatable bonds is 4. The molecule has 1 amide bonds. The van der Waals surface area contributed by atoms with Crippen molar-refractivity contribution in [2.24, 2.45) is 5.92 Å². The Morgan fingerprint density at radius 3 is 2.88 bits per heavy atom. The van der Waals surface area contributed by atoms with E-state index in [1.807, 2.05) is 21.7 Å². The van der Waals surface area contributed by atoms with Gasteiger partial charge in [-0.15, -0.1) is 0 Å². The highest BCUT2D eigenvalue weighted by atomic mass is 16.5. The molecular weight excluding hydrogens is 320 g/mol. The molecule has 25 heavy (non-hydrogen) atoms. The molecule has 0 N–H and O–H groups in total. The number of nitrogens with zero attached hydrogens (tertiary/aromatic N) is 4. The summed E-state index contributed by atoms with van der Waals surface area (Å²) < 4.78 is 13.1. The number of ether oxygens (including phenoxy) is 1. The van der Waals surface area contributed by atoms with Crippen molar-refractivity contribution in [2.75, 3.05) is 39.4 Å². The summed E-state index contributed by atoms with van der Waals surface area (Å²) in [6.07, 6.45) is 5.34. The van der Waals surface area contributed by atoms with Crippen LogP contribution in [0.5, 0.6) is 0 Å². The van der Waals surface area contributed by atoms with E-state index in [2.05, 4.69) is 16.8 Å². The average molecular weight is 344 g/mol. The number of imidazole rings is 1. The van der Waals surface area contributed by atoms with E-state index >= 15 is 0 Å². The molecule has 134 valence electrons. The molecule has 2 atom stereocenters. The van der Waals surface area contributed by atoms with Crippen LogP contribution in [0.4, 0.5) is 0 Å². The lowest BCUT2D eigenvalue weighted by molar-refractivity contribution is 0.0118. The van der Waals surface area contributed by atoms with E-state index in [-0.39, 0.29) is 5.91 Å². The molecule has 0 radical (unpaired) electrons. The normalized spacial score (nSPS) is 24.8. The summed E-state index contributed by atoms with van der Waals surface area (Å²) in [6.45, 7) is 7.82. The van der Waals surface area contributed by atoms with Crippen molar-refractivity contribution in [3.63, 3.8) is 0 Å². The van der Waals surface area contributed by atoms with Crippen LogP contribution in [0.1, 0.15) is 23.2 Å². The molecule has 0 bridgehead atoms. The van der Waals surface area contributed by atoms with Crippen LogP contribution in [0.3, 0.4) is 0 Å². The number of aromatic nitrogens is 2. The second-order valence-electron chi connectivity index (χ2n) is 6.90. The quantitative estimate of drug-likeness (QED) is 0.837. The summed E-state index contributed by atoms with van der Waals surface area (Å²) in [7, 11) is 0. The Hall–Kier alpha value is -2.12. The molecule has 2 aromatic rings. The van der Waals surface area contributed by atoms with Crippen molar-refractivity contribution in [3.05, 3.63) is 42.4 Å². The zero-order valence-corrected chi connectivity index (χ0v) is 14.5. The van der Waals surface area contributed by atoms with E-state index in [9.17, 15) is 4.79 Å². The van der Waals surface area contributed by atoms with Crippen LogP contribution in [0.2, 0.25) is 0 Å². The zero-order valence-electron chi connectivity index (χ0n) is 14.5. The number of amides is 1. The summed E-state index contributed by atoms with van der Waals surface area (Å²) in [5.41, 5.74) is 0. The molecule has 2 saturated heterocycles. The standard InChI is InChI=1S/C18H24N4O3/c1-14-10-22(12-16(14)21-6-8-24-9-7-21)18(23)17-3-2-15(25-17)11-20-5-4-19-13-20/h2-5,13-14,16H,6-12H2,1H3/t14-,16-/m0/s1. The van der Waals surface area contributed by atoms with Crippen molar-refractivity contribution >= 4 is 5.91 Å². The lowest BCUT2D eigenvalue weighted by Crippen LogP contribution is -2.47. The highest BCUT2D eigenvalue weighted by Gasteiger charge is 2.37. The van der Waals surface area contributed by atoms with Crippen molar-refractivity contribution in [1.82, 2.24) is 19.4 Å². The van der Waals surface area contributed by atoms with Crippen molar-refractivity contribution < 1.29 is 13.9 Å². The second kappa shape index (κ2) is 7.01. The number of hydrogen-bond donors (Lipinski definition) is 0. The van der Waals surface area contributed by atoms with Gasteiger partial charge in [-0.05, 0) is 18.1 Å². The van der Waals surface area contributed by atoms with Gasteiger partial charge in [0.1, 0.15) is 5.76 Å². The molecule has 2 aliphatic rings. The molecule has 0 spiro atoms. The number of carbonyl (C=O) groups is 1. The van der Waals surface area contributed by atoms with Gasteiger partial charge in [0.2, 0.25) is 0 Å². The van der Waals surface area contributed by atoms with E-state index in [1.165, 1.54) is 0 Å². The Morgan fingerprint density at radius 1 is 1.28 bits per heavy atom. The van der Waals surface area contributed by atoms with Gasteiger partial charge >= 0.3 is 0 Å². The van der Waals surface area contributed by atoms with Gasteiger partial charge in [-0.3, -0.25) is 9.69 Å². The third-order valence-electron chi connectivity index (χ3n) is 5.14. The maximum atomic E-state index is 12.8. The lowest BCUT2D eigenvalue weighted by atomic mass is 10.0. The summed E-state index contributed by atoms with van der Waals surface area (Å²) in [5.74, 6) is 1.63. The highest BCUT2D eigenvalue weighted by molar-refractivity contribution is 5.91. The number of hydrogen-bond acceptors (Lipinski definition) is 5. The molecule has 7 heteroatoms. The van der Waals surface area contributed by atoms with Crippen molar-refractivity contribution in [1.29, 1.82) is 0 Å². The van der Waals surface area contributed by atoms with E-state index in [1.54, 1.807) is 18.6 Å². The van der Waals surface area contributed by atoms with Crippen LogP contribution >= 0.6 is 0 Å². The monoisotopic (exact) mass is 344 g/mol. The highest BCUT2D eigenvalue weighted by Crippen LogP contribution is 2.24. The van der Waals surface area contributed by atoms with Gasteiger partial charge < -0.3 is 18.6 Å². The number of likely N-dealkylation sites (tertiary alicyclic amines) is 1. The Labute approximate surface area is 147 Å². The molecule has 0 aromatic carbocycles. The Balaban J connectivity index is 1.40. The summed E-state index contributed by atoms with van der Waals surface area (Å²) in [6, 6.07) is 4.06. The number of morpholine rings is 1. The summed E-state index contributed by atoms with van der Waals surface area (Å²) in [5, 5.41) is 0. The van der Waals surface area contributed by atoms with E-state index in [0.29, 0.717) is 24.3 Å². The number of furan rings is 1. The first-order valence-electron chi connectivity index (χ1n) is 8.86. The summed E-state index contributed by atoms with van der Waals surface area (Å²) >= 11 is 0. The second-order valence-corrected chi connectivity index (χ2v) is 6.90. The van der Waals surface area contributed by atoms with Crippen LogP contribution in [0.15, 0.2) is 35.3 Å². The molecule has 7 nitrogen and oxygen atoms in total. The lowest BCUT2D eigenvalue weighted by Gasteiger charge is -2.33. The molecule has 2 aromatic heterocycles. The Kier molecular flexibility index (Phi) is 4.59. The van der Waals surface area contributed by atoms with Crippen molar-refractivity contribution in [3.8, 4) is 0 Å². The molecule has 2 aliphatic heterocycles. The summed E-state index contributed by atoms with van der Waals surface area (Å²) in [4.78, 5) is 21.2. The van der Waals surface area contributed by atoms with Crippen LogP contribution in [0, 0.1) is 5.92 Å². The largest absolute Gasteiger partial charge is 0.454 e. The third kappa shape index (κ3) is 3.48. The SMILES string of the molecule is C[C@H]1CN(C(=O)c2ccc(Cn3ccnc3)o2)C[C@@H]1N1CCOCC1. The minimum absolute atomic E-state index is 0.0144. The van der Waals surface area contributed by atoms with Gasteiger partial charge in [-0.25, -0.2) is 4.98 Å². The molecule has 0 unspecified atom stereocenters. The Bertz CT molecular complexity index is 706. The fourth-order valence-corrected chi connectivity index (χ4v) is 3.79. The molecule has 4 rings (SSSR count). The predicted molar refractivity (Wildman–Crippen MR) is 91.3 cm³/mol. The first-order chi connectivity index (χ1) is 12.2. The molecule has 4 heterocycles. The van der Waals surface area contributed by atoms with E-state index in [0.717, 1.165) is 45.2 Å². The third-order valence-corrected chi connectivity index (χ3v) is 5.14. The predicted octanol–water partition coefficient (Wildman–Crippen LogP) is 1.32. The van der Waals surface area contributed by atoms with Gasteiger partial charge in [0.05, 0.1) is 26.1 Å². The van der Waals surface area contributed by atoms with E-state index < -0.39 is 0 Å². The smallest absolute Gasteiger partial charge is 0.289 e.